The van der Waals surface area contributed by atoms with Crippen LogP contribution in [0.15, 0.2) is 91.0 Å². The highest BCUT2D eigenvalue weighted by Crippen LogP contribution is 2.39. The fraction of sp³-hybridized carbons (Fsp3) is 0.357. The molecular formula is C42H48N2O4S2. The number of rotatable bonds is 16. The number of unbranched alkanes of at least 4 members (excludes halogenated alkanes) is 2. The van der Waals surface area contributed by atoms with Gasteiger partial charge >= 0.3 is 0 Å². The van der Waals surface area contributed by atoms with Gasteiger partial charge in [-0.3, -0.25) is 4.79 Å². The van der Waals surface area contributed by atoms with Crippen LogP contribution in [0.2, 0.25) is 0 Å². The number of ether oxygens (including phenoxy) is 3. The summed E-state index contributed by atoms with van der Waals surface area (Å²) < 4.78 is 18.2. The van der Waals surface area contributed by atoms with Crippen LogP contribution in [0.3, 0.4) is 0 Å². The Morgan fingerprint density at radius 1 is 0.820 bits per heavy atom. The van der Waals surface area contributed by atoms with Crippen molar-refractivity contribution in [1.82, 2.24) is 4.90 Å². The zero-order valence-corrected chi connectivity index (χ0v) is 31.0. The molecule has 1 saturated heterocycles. The molecule has 8 heteroatoms. The lowest BCUT2D eigenvalue weighted by Crippen LogP contribution is -2.41. The van der Waals surface area contributed by atoms with E-state index in [1.807, 2.05) is 28.4 Å². The van der Waals surface area contributed by atoms with Gasteiger partial charge in [0.2, 0.25) is 0 Å². The molecule has 5 aromatic carbocycles. The molecule has 2 N–H and O–H groups in total. The summed E-state index contributed by atoms with van der Waals surface area (Å²) in [6.45, 7) is 6.27. The molecule has 0 spiro atoms. The number of thioether (sulfide) groups is 2. The average molecular weight is 709 g/mol. The van der Waals surface area contributed by atoms with Crippen LogP contribution in [0.1, 0.15) is 56.3 Å². The summed E-state index contributed by atoms with van der Waals surface area (Å²) >= 11 is 3.86. The lowest BCUT2D eigenvalue weighted by molar-refractivity contribution is 0.0746. The molecule has 1 amide bonds. The summed E-state index contributed by atoms with van der Waals surface area (Å²) in [7, 11) is 1.60. The van der Waals surface area contributed by atoms with E-state index in [2.05, 4.69) is 92.7 Å². The Balaban J connectivity index is 0.986. The van der Waals surface area contributed by atoms with Crippen LogP contribution in [0.4, 0.5) is 5.69 Å². The van der Waals surface area contributed by atoms with Crippen molar-refractivity contribution in [2.75, 3.05) is 44.1 Å². The van der Waals surface area contributed by atoms with Crippen molar-refractivity contribution in [3.05, 3.63) is 96.6 Å². The number of amides is 1. The van der Waals surface area contributed by atoms with Crippen LogP contribution < -0.4 is 19.9 Å². The van der Waals surface area contributed by atoms with Crippen molar-refractivity contribution in [2.24, 2.45) is 0 Å². The highest BCUT2D eigenvalue weighted by molar-refractivity contribution is 8.17. The number of nitrogen functional groups attached to an aromatic ring is 1. The largest absolute Gasteiger partial charge is 0.494 e. The van der Waals surface area contributed by atoms with Gasteiger partial charge in [0.25, 0.3) is 5.91 Å². The van der Waals surface area contributed by atoms with Gasteiger partial charge in [-0.05, 0) is 101 Å². The molecule has 0 unspecified atom stereocenters. The number of methoxy groups -OCH3 is 1. The van der Waals surface area contributed by atoms with Gasteiger partial charge in [-0.25, -0.2) is 0 Å². The summed E-state index contributed by atoms with van der Waals surface area (Å²) in [5, 5.41) is 5.04. The predicted molar refractivity (Wildman–Crippen MR) is 213 cm³/mol. The summed E-state index contributed by atoms with van der Waals surface area (Å²) in [4.78, 5) is 15.7. The first kappa shape index (κ1) is 35.8. The molecule has 1 aliphatic heterocycles. The molecule has 0 bridgehead atoms. The number of carbonyl (C=O) groups excluding carboxylic acids is 1. The summed E-state index contributed by atoms with van der Waals surface area (Å²) in [5.74, 6) is 4.01. The van der Waals surface area contributed by atoms with Crippen molar-refractivity contribution in [3.63, 3.8) is 0 Å². The van der Waals surface area contributed by atoms with Gasteiger partial charge in [0.15, 0.2) is 11.5 Å². The van der Waals surface area contributed by atoms with Crippen molar-refractivity contribution < 1.29 is 19.0 Å². The zero-order chi connectivity index (χ0) is 34.9. The summed E-state index contributed by atoms with van der Waals surface area (Å²) in [6.07, 6.45) is 4.77. The number of nitrogens with two attached hydrogens (primary N) is 1. The van der Waals surface area contributed by atoms with E-state index in [1.54, 1.807) is 19.2 Å². The fourth-order valence-corrected chi connectivity index (χ4v) is 9.76. The minimum atomic E-state index is -0.0231. The Hall–Kier alpha value is -4.01. The van der Waals surface area contributed by atoms with E-state index < -0.39 is 0 Å². The summed E-state index contributed by atoms with van der Waals surface area (Å²) in [6, 6.07) is 31.6. The standard InChI is InChI=1S/C42H48N2O4S2/c1-4-49-42(50-5-2)38-18-13-23-44(38)41(45)36-27-39(46-3)40(28-37(36)43)48-25-12-6-11-24-47-31-21-19-29(20-22-31)35-26-30-14-7-8-15-32(30)33-16-9-10-17-34(33)35/h7-10,14-17,19-22,26-28,38,42H,4-6,11-13,18,23-25,43H2,1-3H3/t38-/m0/s1. The second-order valence-electron chi connectivity index (χ2n) is 12.6. The Bertz CT molecular complexity index is 1890. The number of fused-ring (bicyclic) bond motifs is 3. The van der Waals surface area contributed by atoms with Crippen molar-refractivity contribution in [1.29, 1.82) is 0 Å². The maximum atomic E-state index is 13.7. The van der Waals surface area contributed by atoms with Gasteiger partial charge in [0.1, 0.15) is 5.75 Å². The molecule has 6 nitrogen and oxygen atoms in total. The van der Waals surface area contributed by atoms with Gasteiger partial charge in [-0.15, -0.1) is 23.5 Å². The quantitative estimate of drug-likeness (QED) is 0.0473. The van der Waals surface area contributed by atoms with Crippen LogP contribution in [0.25, 0.3) is 32.7 Å². The topological polar surface area (TPSA) is 74.0 Å². The zero-order valence-electron chi connectivity index (χ0n) is 29.4. The Kier molecular flexibility index (Phi) is 12.4. The monoisotopic (exact) mass is 708 g/mol. The van der Waals surface area contributed by atoms with Gasteiger partial charge in [-0.2, -0.15) is 0 Å². The molecule has 0 aliphatic carbocycles. The molecule has 1 aliphatic rings. The number of hydrogen-bond acceptors (Lipinski definition) is 7. The van der Waals surface area contributed by atoms with E-state index in [4.69, 9.17) is 19.9 Å². The first-order valence-electron chi connectivity index (χ1n) is 17.8. The second kappa shape index (κ2) is 17.3. The molecule has 6 rings (SSSR count). The van der Waals surface area contributed by atoms with Crippen LogP contribution in [-0.4, -0.2) is 59.8 Å². The maximum absolute atomic E-state index is 13.7. The third kappa shape index (κ3) is 8.13. The van der Waals surface area contributed by atoms with E-state index >= 15 is 0 Å². The molecular weight excluding hydrogens is 661 g/mol. The average Bonchev–Trinajstić information content (AvgIpc) is 3.64. The third-order valence-electron chi connectivity index (χ3n) is 9.35. The molecule has 0 aromatic heterocycles. The van der Waals surface area contributed by atoms with E-state index in [-0.39, 0.29) is 11.9 Å². The van der Waals surface area contributed by atoms with E-state index in [9.17, 15) is 4.79 Å². The van der Waals surface area contributed by atoms with Crippen LogP contribution >= 0.6 is 23.5 Å². The van der Waals surface area contributed by atoms with E-state index in [0.29, 0.717) is 40.5 Å². The first-order chi connectivity index (χ1) is 24.5. The normalized spacial score (nSPS) is 14.5. The Morgan fingerprint density at radius 3 is 2.22 bits per heavy atom. The Labute approximate surface area is 305 Å². The highest BCUT2D eigenvalue weighted by atomic mass is 32.2. The maximum Gasteiger partial charge on any atom is 0.256 e. The Morgan fingerprint density at radius 2 is 1.50 bits per heavy atom. The predicted octanol–water partition coefficient (Wildman–Crippen LogP) is 10.3. The van der Waals surface area contributed by atoms with Crippen LogP contribution in [-0.2, 0) is 0 Å². The minimum absolute atomic E-state index is 0.0231. The van der Waals surface area contributed by atoms with Crippen molar-refractivity contribution in [3.8, 4) is 28.4 Å². The summed E-state index contributed by atoms with van der Waals surface area (Å²) in [5.41, 5.74) is 9.77. The van der Waals surface area contributed by atoms with Gasteiger partial charge in [0, 0.05) is 18.3 Å². The number of hydrogen-bond donors (Lipinski definition) is 1. The van der Waals surface area contributed by atoms with Crippen molar-refractivity contribution in [2.45, 2.75) is 56.6 Å². The van der Waals surface area contributed by atoms with Gasteiger partial charge < -0.3 is 24.8 Å². The molecule has 262 valence electrons. The SMILES string of the molecule is CCSC(SCC)[C@@H]1CCCN1C(=O)c1cc(OC)c(OCCCCCOc2ccc(-c3cc4ccccc4c4ccccc34)cc2)cc1N. The minimum Gasteiger partial charge on any atom is -0.494 e. The van der Waals surface area contributed by atoms with Gasteiger partial charge in [0.05, 0.1) is 36.5 Å². The molecule has 1 heterocycles. The highest BCUT2D eigenvalue weighted by Gasteiger charge is 2.36. The van der Waals surface area contributed by atoms with E-state index in [0.717, 1.165) is 55.9 Å². The molecule has 0 radical (unpaired) electrons. The second-order valence-corrected chi connectivity index (χ2v) is 15.7. The van der Waals surface area contributed by atoms with Gasteiger partial charge in [-0.1, -0.05) is 74.5 Å². The lowest BCUT2D eigenvalue weighted by Gasteiger charge is -2.31. The number of benzene rings is 5. The van der Waals surface area contributed by atoms with Crippen LogP contribution in [0.5, 0.6) is 17.2 Å². The molecule has 5 aromatic rings. The molecule has 1 fully saturated rings. The molecule has 50 heavy (non-hydrogen) atoms. The number of nitrogens with zero attached hydrogens (tertiary/aromatic N) is 1. The lowest BCUT2D eigenvalue weighted by atomic mass is 9.93. The third-order valence-corrected chi connectivity index (χ3v) is 12.1. The van der Waals surface area contributed by atoms with Crippen LogP contribution in [0, 0.1) is 0 Å². The number of carbonyl (C=O) groups is 1. The molecule has 0 saturated carbocycles. The molecule has 1 atom stereocenters. The van der Waals surface area contributed by atoms with Crippen molar-refractivity contribution >= 4 is 56.7 Å². The van der Waals surface area contributed by atoms with E-state index in [1.165, 1.54) is 32.7 Å². The fourth-order valence-electron chi connectivity index (χ4n) is 6.89. The smallest absolute Gasteiger partial charge is 0.256 e. The number of anilines is 1. The first-order valence-corrected chi connectivity index (χ1v) is 19.9. The number of likely N-dealkylation sites (tertiary alicyclic amines) is 1.